The number of nitrogens with zero attached hydrogens (tertiary/aromatic N) is 3. The third kappa shape index (κ3) is 7.62. The van der Waals surface area contributed by atoms with Crippen LogP contribution in [0.2, 0.25) is 0 Å². The Morgan fingerprint density at radius 1 is 1.03 bits per heavy atom. The van der Waals surface area contributed by atoms with Crippen molar-refractivity contribution >= 4 is 5.91 Å². The van der Waals surface area contributed by atoms with Crippen LogP contribution in [-0.4, -0.2) is 54.8 Å². The first-order valence-electron chi connectivity index (χ1n) is 10.6. The monoisotopic (exact) mass is 422 g/mol. The lowest BCUT2D eigenvalue weighted by atomic mass is 10.1. The van der Waals surface area contributed by atoms with E-state index < -0.39 is 0 Å². The highest BCUT2D eigenvalue weighted by Crippen LogP contribution is 2.19. The lowest BCUT2D eigenvalue weighted by Crippen LogP contribution is -2.27. The Kier molecular flexibility index (Phi) is 8.75. The van der Waals surface area contributed by atoms with Gasteiger partial charge in [0.15, 0.2) is 0 Å². The molecule has 7 heteroatoms. The number of hydrogen-bond acceptors (Lipinski definition) is 6. The molecule has 1 amide bonds. The van der Waals surface area contributed by atoms with Crippen LogP contribution >= 0.6 is 0 Å². The van der Waals surface area contributed by atoms with E-state index in [1.807, 2.05) is 56.6 Å². The van der Waals surface area contributed by atoms with Crippen molar-refractivity contribution in [2.45, 2.75) is 25.9 Å². The molecule has 0 saturated carbocycles. The maximum Gasteiger partial charge on any atom is 0.251 e. The van der Waals surface area contributed by atoms with Gasteiger partial charge in [0, 0.05) is 30.7 Å². The van der Waals surface area contributed by atoms with Gasteiger partial charge < -0.3 is 19.4 Å². The number of carbonyl (C=O) groups is 1. The van der Waals surface area contributed by atoms with Crippen molar-refractivity contribution in [3.05, 3.63) is 71.6 Å². The van der Waals surface area contributed by atoms with Crippen molar-refractivity contribution < 1.29 is 13.9 Å². The van der Waals surface area contributed by atoms with Crippen LogP contribution in [0.25, 0.3) is 11.5 Å². The predicted octanol–water partition coefficient (Wildman–Crippen LogP) is 3.57. The minimum Gasteiger partial charge on any atom is -0.421 e. The second-order valence-electron chi connectivity index (χ2n) is 7.63. The number of amides is 1. The molecule has 2 aromatic carbocycles. The average Bonchev–Trinajstić information content (AvgIpc) is 3.26. The fourth-order valence-electron chi connectivity index (χ4n) is 3.02. The minimum absolute atomic E-state index is 0.0768. The van der Waals surface area contributed by atoms with Crippen LogP contribution in [0.15, 0.2) is 59.0 Å². The van der Waals surface area contributed by atoms with E-state index in [0.717, 1.165) is 30.5 Å². The number of rotatable bonds is 12. The van der Waals surface area contributed by atoms with Gasteiger partial charge in [-0.1, -0.05) is 30.3 Å². The van der Waals surface area contributed by atoms with Gasteiger partial charge in [-0.25, -0.2) is 0 Å². The Morgan fingerprint density at radius 2 is 1.81 bits per heavy atom. The summed E-state index contributed by atoms with van der Waals surface area (Å²) in [6.07, 6.45) is 2.38. The summed E-state index contributed by atoms with van der Waals surface area (Å²) in [6, 6.07) is 17.3. The zero-order chi connectivity index (χ0) is 21.9. The smallest absolute Gasteiger partial charge is 0.251 e. The lowest BCUT2D eigenvalue weighted by molar-refractivity contribution is 0.0952. The molecule has 0 aliphatic heterocycles. The summed E-state index contributed by atoms with van der Waals surface area (Å²) in [5, 5.41) is 11.2. The largest absolute Gasteiger partial charge is 0.421 e. The molecule has 1 N–H and O–H groups in total. The first-order valence-corrected chi connectivity index (χ1v) is 10.6. The molecule has 7 nitrogen and oxygen atoms in total. The van der Waals surface area contributed by atoms with Gasteiger partial charge >= 0.3 is 0 Å². The molecule has 1 aromatic heterocycles. The molecule has 0 saturated heterocycles. The van der Waals surface area contributed by atoms with Crippen LogP contribution in [0.3, 0.4) is 0 Å². The van der Waals surface area contributed by atoms with Crippen LogP contribution in [0.1, 0.15) is 34.7 Å². The third-order valence-electron chi connectivity index (χ3n) is 4.72. The molecule has 0 unspecified atom stereocenters. The van der Waals surface area contributed by atoms with Gasteiger partial charge in [0.2, 0.25) is 11.8 Å². The van der Waals surface area contributed by atoms with Crippen molar-refractivity contribution in [3.8, 4) is 11.5 Å². The number of hydrogen-bond donors (Lipinski definition) is 1. The van der Waals surface area contributed by atoms with Crippen LogP contribution in [0.5, 0.6) is 0 Å². The highest BCUT2D eigenvalue weighted by Gasteiger charge is 2.10. The second-order valence-corrected chi connectivity index (χ2v) is 7.63. The van der Waals surface area contributed by atoms with E-state index in [0.29, 0.717) is 43.5 Å². The summed E-state index contributed by atoms with van der Waals surface area (Å²) >= 11 is 0. The molecule has 0 spiro atoms. The molecule has 1 heterocycles. The van der Waals surface area contributed by atoms with Crippen molar-refractivity contribution in [1.82, 2.24) is 20.4 Å². The Hall–Kier alpha value is -3.03. The predicted molar refractivity (Wildman–Crippen MR) is 120 cm³/mol. The first kappa shape index (κ1) is 22.7. The van der Waals surface area contributed by atoms with E-state index in [2.05, 4.69) is 20.4 Å². The number of nitrogens with one attached hydrogen (secondary N) is 1. The molecular weight excluding hydrogens is 392 g/mol. The number of benzene rings is 2. The Bertz CT molecular complexity index is 924. The Balaban J connectivity index is 1.41. The van der Waals surface area contributed by atoms with Crippen LogP contribution in [0.4, 0.5) is 0 Å². The van der Waals surface area contributed by atoms with E-state index in [4.69, 9.17) is 9.15 Å². The summed E-state index contributed by atoms with van der Waals surface area (Å²) in [5.41, 5.74) is 2.57. The van der Waals surface area contributed by atoms with Gasteiger partial charge in [0.1, 0.15) is 0 Å². The molecule has 0 atom stereocenters. The standard InChI is InChI=1S/C24H30N4O3/c1-28(2)16-7-15-25-23(29)20-11-13-21(14-12-20)24-27-26-22(31-24)10-6-17-30-18-19-8-4-3-5-9-19/h3-5,8-9,11-14H,6-7,10,15-18H2,1-2H3,(H,25,29). The van der Waals surface area contributed by atoms with Crippen LogP contribution < -0.4 is 5.32 Å². The molecule has 0 fully saturated rings. The van der Waals surface area contributed by atoms with Gasteiger partial charge in [-0.05, 0) is 63.3 Å². The lowest BCUT2D eigenvalue weighted by Gasteiger charge is -2.10. The number of ether oxygens (including phenoxy) is 1. The summed E-state index contributed by atoms with van der Waals surface area (Å²) in [6.45, 7) is 2.83. The van der Waals surface area contributed by atoms with Crippen molar-refractivity contribution in [2.24, 2.45) is 0 Å². The van der Waals surface area contributed by atoms with E-state index in [9.17, 15) is 4.79 Å². The maximum absolute atomic E-state index is 12.2. The van der Waals surface area contributed by atoms with E-state index in [-0.39, 0.29) is 5.91 Å². The molecular formula is C24H30N4O3. The van der Waals surface area contributed by atoms with Gasteiger partial charge in [-0.3, -0.25) is 4.79 Å². The van der Waals surface area contributed by atoms with E-state index in [1.54, 1.807) is 12.1 Å². The van der Waals surface area contributed by atoms with Gasteiger partial charge in [0.05, 0.1) is 6.61 Å². The molecule has 164 valence electrons. The van der Waals surface area contributed by atoms with Crippen LogP contribution in [-0.2, 0) is 17.8 Å². The summed E-state index contributed by atoms with van der Waals surface area (Å²) in [5.74, 6) is 0.964. The zero-order valence-electron chi connectivity index (χ0n) is 18.2. The summed E-state index contributed by atoms with van der Waals surface area (Å²) in [7, 11) is 4.03. The molecule has 0 radical (unpaired) electrons. The quantitative estimate of drug-likeness (QED) is 0.450. The fourth-order valence-corrected chi connectivity index (χ4v) is 3.02. The minimum atomic E-state index is -0.0768. The highest BCUT2D eigenvalue weighted by atomic mass is 16.5. The zero-order valence-corrected chi connectivity index (χ0v) is 18.2. The van der Waals surface area contributed by atoms with Crippen molar-refractivity contribution in [1.29, 1.82) is 0 Å². The van der Waals surface area contributed by atoms with E-state index >= 15 is 0 Å². The number of carbonyl (C=O) groups excluding carboxylic acids is 1. The van der Waals surface area contributed by atoms with Crippen molar-refractivity contribution in [2.75, 3.05) is 33.8 Å². The SMILES string of the molecule is CN(C)CCCNC(=O)c1ccc(-c2nnc(CCCOCc3ccccc3)o2)cc1. The normalized spacial score (nSPS) is 11.1. The maximum atomic E-state index is 12.2. The molecule has 3 aromatic rings. The highest BCUT2D eigenvalue weighted by molar-refractivity contribution is 5.94. The summed E-state index contributed by atoms with van der Waals surface area (Å²) < 4.78 is 11.4. The van der Waals surface area contributed by atoms with Gasteiger partial charge in [-0.15, -0.1) is 10.2 Å². The third-order valence-corrected chi connectivity index (χ3v) is 4.72. The molecule has 31 heavy (non-hydrogen) atoms. The first-order chi connectivity index (χ1) is 15.1. The van der Waals surface area contributed by atoms with E-state index in [1.165, 1.54) is 0 Å². The topological polar surface area (TPSA) is 80.5 Å². The molecule has 3 rings (SSSR count). The second kappa shape index (κ2) is 12.0. The van der Waals surface area contributed by atoms with Crippen LogP contribution in [0, 0.1) is 0 Å². The van der Waals surface area contributed by atoms with Crippen molar-refractivity contribution in [3.63, 3.8) is 0 Å². The number of aryl methyl sites for hydroxylation is 1. The summed E-state index contributed by atoms with van der Waals surface area (Å²) in [4.78, 5) is 14.3. The molecule has 0 bridgehead atoms. The number of aromatic nitrogens is 2. The Morgan fingerprint density at radius 3 is 2.55 bits per heavy atom. The van der Waals surface area contributed by atoms with Gasteiger partial charge in [0.25, 0.3) is 5.91 Å². The molecule has 0 aliphatic rings. The fraction of sp³-hybridized carbons (Fsp3) is 0.375. The Labute approximate surface area is 183 Å². The van der Waals surface area contributed by atoms with Gasteiger partial charge in [-0.2, -0.15) is 0 Å². The average molecular weight is 423 g/mol. The molecule has 0 aliphatic carbocycles.